The number of hydrogen-bond donors (Lipinski definition) is 1. The van der Waals surface area contributed by atoms with Gasteiger partial charge in [0, 0.05) is 24.4 Å². The Morgan fingerprint density at radius 3 is 2.89 bits per heavy atom. The molecule has 0 saturated carbocycles. The molecule has 0 amide bonds. The molecular formula is C13H13N3O2. The third kappa shape index (κ3) is 1.73. The van der Waals surface area contributed by atoms with Gasteiger partial charge in [0.25, 0.3) is 0 Å². The molecule has 1 aromatic carbocycles. The Morgan fingerprint density at radius 2 is 2.06 bits per heavy atom. The van der Waals surface area contributed by atoms with Crippen LogP contribution in [0.25, 0.3) is 11.4 Å². The average Bonchev–Trinajstić information content (AvgIpc) is 2.86. The van der Waals surface area contributed by atoms with Crippen LogP contribution in [-0.2, 0) is 0 Å². The number of hydrogen-bond acceptors (Lipinski definition) is 5. The summed E-state index contributed by atoms with van der Waals surface area (Å²) in [6, 6.07) is 5.70. The van der Waals surface area contributed by atoms with E-state index in [-0.39, 0.29) is 6.79 Å². The van der Waals surface area contributed by atoms with Gasteiger partial charge in [-0.2, -0.15) is 0 Å². The standard InChI is InChI=1S/C13H13N3O2/c1-8-6-15-13(16-12(8)14-2)9-3-4-10-11(5-9)18-7-17-10/h3-6H,7H2,1-2H3,(H,14,15,16). The predicted octanol–water partition coefficient (Wildman–Crippen LogP) is 2.22. The number of rotatable bonds is 2. The molecule has 0 spiro atoms. The monoisotopic (exact) mass is 243 g/mol. The van der Waals surface area contributed by atoms with Crippen LogP contribution < -0.4 is 14.8 Å². The molecular weight excluding hydrogens is 230 g/mol. The average molecular weight is 243 g/mol. The summed E-state index contributed by atoms with van der Waals surface area (Å²) in [7, 11) is 1.85. The summed E-state index contributed by atoms with van der Waals surface area (Å²) in [4.78, 5) is 8.80. The van der Waals surface area contributed by atoms with Gasteiger partial charge in [-0.1, -0.05) is 0 Å². The zero-order valence-corrected chi connectivity index (χ0v) is 10.2. The molecule has 0 bridgehead atoms. The van der Waals surface area contributed by atoms with E-state index in [1.54, 1.807) is 6.20 Å². The third-order valence-corrected chi connectivity index (χ3v) is 2.84. The Morgan fingerprint density at radius 1 is 1.22 bits per heavy atom. The van der Waals surface area contributed by atoms with Crippen LogP contribution in [0.2, 0.25) is 0 Å². The molecule has 1 aliphatic heterocycles. The smallest absolute Gasteiger partial charge is 0.231 e. The lowest BCUT2D eigenvalue weighted by molar-refractivity contribution is 0.174. The first-order valence-electron chi connectivity index (χ1n) is 5.69. The van der Waals surface area contributed by atoms with Crippen LogP contribution in [-0.4, -0.2) is 23.8 Å². The van der Waals surface area contributed by atoms with Crippen LogP contribution in [0.3, 0.4) is 0 Å². The summed E-state index contributed by atoms with van der Waals surface area (Å²) in [6.07, 6.45) is 1.80. The number of benzene rings is 1. The largest absolute Gasteiger partial charge is 0.454 e. The molecule has 5 nitrogen and oxygen atoms in total. The van der Waals surface area contributed by atoms with Gasteiger partial charge in [-0.3, -0.25) is 0 Å². The molecule has 1 N–H and O–H groups in total. The van der Waals surface area contributed by atoms with E-state index in [1.807, 2.05) is 32.2 Å². The Labute approximate surface area is 105 Å². The van der Waals surface area contributed by atoms with E-state index >= 15 is 0 Å². The van der Waals surface area contributed by atoms with Crippen molar-refractivity contribution in [3.8, 4) is 22.9 Å². The minimum atomic E-state index is 0.273. The number of anilines is 1. The molecule has 92 valence electrons. The van der Waals surface area contributed by atoms with Gasteiger partial charge < -0.3 is 14.8 Å². The number of fused-ring (bicyclic) bond motifs is 1. The fraction of sp³-hybridized carbons (Fsp3) is 0.231. The minimum Gasteiger partial charge on any atom is -0.454 e. The predicted molar refractivity (Wildman–Crippen MR) is 67.9 cm³/mol. The number of nitrogens with one attached hydrogen (secondary N) is 1. The highest BCUT2D eigenvalue weighted by molar-refractivity contribution is 5.63. The van der Waals surface area contributed by atoms with Gasteiger partial charge in [-0.25, -0.2) is 9.97 Å². The number of nitrogens with zero attached hydrogens (tertiary/aromatic N) is 2. The number of aryl methyl sites for hydroxylation is 1. The minimum absolute atomic E-state index is 0.273. The molecule has 0 saturated heterocycles. The van der Waals surface area contributed by atoms with Crippen molar-refractivity contribution >= 4 is 5.82 Å². The van der Waals surface area contributed by atoms with Gasteiger partial charge >= 0.3 is 0 Å². The normalized spacial score (nSPS) is 12.6. The fourth-order valence-electron chi connectivity index (χ4n) is 1.87. The van der Waals surface area contributed by atoms with E-state index < -0.39 is 0 Å². The van der Waals surface area contributed by atoms with E-state index in [0.29, 0.717) is 5.82 Å². The first-order chi connectivity index (χ1) is 8.78. The Kier molecular flexibility index (Phi) is 2.51. The maximum absolute atomic E-state index is 5.35. The van der Waals surface area contributed by atoms with Gasteiger partial charge in [-0.15, -0.1) is 0 Å². The van der Waals surface area contributed by atoms with Crippen molar-refractivity contribution in [2.45, 2.75) is 6.92 Å². The van der Waals surface area contributed by atoms with Gasteiger partial charge in [0.1, 0.15) is 5.82 Å². The maximum Gasteiger partial charge on any atom is 0.231 e. The summed E-state index contributed by atoms with van der Waals surface area (Å²) in [5.41, 5.74) is 1.93. The van der Waals surface area contributed by atoms with Crippen molar-refractivity contribution in [3.05, 3.63) is 30.0 Å². The molecule has 1 aliphatic rings. The second-order valence-electron chi connectivity index (χ2n) is 4.04. The quantitative estimate of drug-likeness (QED) is 0.876. The van der Waals surface area contributed by atoms with Crippen molar-refractivity contribution in [1.82, 2.24) is 9.97 Å². The zero-order chi connectivity index (χ0) is 12.5. The zero-order valence-electron chi connectivity index (χ0n) is 10.2. The summed E-state index contributed by atoms with van der Waals surface area (Å²) in [5.74, 6) is 3.00. The molecule has 2 aromatic rings. The van der Waals surface area contributed by atoms with E-state index in [9.17, 15) is 0 Å². The van der Waals surface area contributed by atoms with E-state index in [0.717, 1.165) is 28.4 Å². The van der Waals surface area contributed by atoms with Crippen LogP contribution in [0.4, 0.5) is 5.82 Å². The van der Waals surface area contributed by atoms with Crippen molar-refractivity contribution in [3.63, 3.8) is 0 Å². The summed E-state index contributed by atoms with van der Waals surface area (Å²) in [6.45, 7) is 2.24. The second kappa shape index (κ2) is 4.18. The summed E-state index contributed by atoms with van der Waals surface area (Å²) < 4.78 is 10.6. The van der Waals surface area contributed by atoms with Crippen LogP contribution in [0.1, 0.15) is 5.56 Å². The van der Waals surface area contributed by atoms with Gasteiger partial charge in [0.2, 0.25) is 6.79 Å². The lowest BCUT2D eigenvalue weighted by Crippen LogP contribution is -1.99. The van der Waals surface area contributed by atoms with Crippen LogP contribution in [0, 0.1) is 6.92 Å². The first-order valence-corrected chi connectivity index (χ1v) is 5.69. The van der Waals surface area contributed by atoms with E-state index in [1.165, 1.54) is 0 Å². The van der Waals surface area contributed by atoms with Crippen LogP contribution >= 0.6 is 0 Å². The molecule has 0 fully saturated rings. The third-order valence-electron chi connectivity index (χ3n) is 2.84. The van der Waals surface area contributed by atoms with Crippen LogP contribution in [0.15, 0.2) is 24.4 Å². The Balaban J connectivity index is 2.04. The topological polar surface area (TPSA) is 56.3 Å². The summed E-state index contributed by atoms with van der Waals surface area (Å²) in [5, 5.41) is 3.05. The molecule has 3 rings (SSSR count). The highest BCUT2D eigenvalue weighted by Crippen LogP contribution is 2.35. The number of ether oxygens (including phenoxy) is 2. The lowest BCUT2D eigenvalue weighted by Gasteiger charge is -2.06. The molecule has 5 heteroatoms. The maximum atomic E-state index is 5.35. The number of aromatic nitrogens is 2. The van der Waals surface area contributed by atoms with E-state index in [4.69, 9.17) is 9.47 Å². The van der Waals surface area contributed by atoms with Gasteiger partial charge in [0.15, 0.2) is 17.3 Å². The van der Waals surface area contributed by atoms with Crippen molar-refractivity contribution < 1.29 is 9.47 Å². The van der Waals surface area contributed by atoms with E-state index in [2.05, 4.69) is 15.3 Å². The van der Waals surface area contributed by atoms with Gasteiger partial charge in [-0.05, 0) is 25.1 Å². The molecule has 2 heterocycles. The second-order valence-corrected chi connectivity index (χ2v) is 4.04. The molecule has 18 heavy (non-hydrogen) atoms. The van der Waals surface area contributed by atoms with Crippen LogP contribution in [0.5, 0.6) is 11.5 Å². The SMILES string of the molecule is CNc1nc(-c2ccc3c(c2)OCO3)ncc1C. The highest BCUT2D eigenvalue weighted by atomic mass is 16.7. The molecule has 0 unspecified atom stereocenters. The van der Waals surface area contributed by atoms with Crippen molar-refractivity contribution in [2.24, 2.45) is 0 Å². The fourth-order valence-corrected chi connectivity index (χ4v) is 1.87. The Bertz CT molecular complexity index is 590. The van der Waals surface area contributed by atoms with Crippen molar-refractivity contribution in [1.29, 1.82) is 0 Å². The lowest BCUT2D eigenvalue weighted by atomic mass is 10.2. The van der Waals surface area contributed by atoms with Crippen molar-refractivity contribution in [2.75, 3.05) is 19.2 Å². The highest BCUT2D eigenvalue weighted by Gasteiger charge is 2.15. The Hall–Kier alpha value is -2.30. The summed E-state index contributed by atoms with van der Waals surface area (Å²) >= 11 is 0. The molecule has 1 aromatic heterocycles. The van der Waals surface area contributed by atoms with Gasteiger partial charge in [0.05, 0.1) is 0 Å². The molecule has 0 atom stereocenters. The first kappa shape index (κ1) is 10.8. The molecule has 0 radical (unpaired) electrons. The molecule has 0 aliphatic carbocycles.